The van der Waals surface area contributed by atoms with Crippen molar-refractivity contribution in [1.29, 1.82) is 0 Å². The van der Waals surface area contributed by atoms with Crippen molar-refractivity contribution in [3.05, 3.63) is 23.8 Å². The van der Waals surface area contributed by atoms with Crippen LogP contribution in [-0.4, -0.2) is 40.2 Å². The third kappa shape index (κ3) is 2.53. The van der Waals surface area contributed by atoms with E-state index in [2.05, 4.69) is 5.32 Å². The summed E-state index contributed by atoms with van der Waals surface area (Å²) >= 11 is 0. The average Bonchev–Trinajstić information content (AvgIpc) is 2.85. The first-order valence-corrected chi connectivity index (χ1v) is 5.70. The number of aromatic carboxylic acids is 1. The first-order chi connectivity index (χ1) is 8.58. The van der Waals surface area contributed by atoms with Crippen LogP contribution < -0.4 is 5.32 Å². The number of nitrogens with one attached hydrogen (secondary N) is 1. The molecule has 0 bridgehead atoms. The van der Waals surface area contributed by atoms with E-state index in [9.17, 15) is 14.7 Å². The molecule has 1 aliphatic heterocycles. The number of hydrogen-bond donors (Lipinski definition) is 3. The van der Waals surface area contributed by atoms with Crippen LogP contribution >= 0.6 is 0 Å². The molecule has 0 spiro atoms. The van der Waals surface area contributed by atoms with Crippen molar-refractivity contribution >= 4 is 17.7 Å². The first kappa shape index (κ1) is 12.2. The molecule has 0 aromatic heterocycles. The van der Waals surface area contributed by atoms with Crippen LogP contribution in [-0.2, 0) is 0 Å². The van der Waals surface area contributed by atoms with Crippen LogP contribution in [0.1, 0.15) is 23.2 Å². The Kier molecular flexibility index (Phi) is 3.36. The minimum Gasteiger partial charge on any atom is -0.507 e. The second-order valence-electron chi connectivity index (χ2n) is 4.16. The normalized spacial score (nSPS) is 14.6. The second kappa shape index (κ2) is 4.95. The highest BCUT2D eigenvalue weighted by Gasteiger charge is 2.18. The van der Waals surface area contributed by atoms with E-state index in [1.165, 1.54) is 18.2 Å². The van der Waals surface area contributed by atoms with E-state index in [1.807, 2.05) is 0 Å². The minimum absolute atomic E-state index is 0.228. The van der Waals surface area contributed by atoms with Crippen LogP contribution in [0.4, 0.5) is 10.5 Å². The van der Waals surface area contributed by atoms with Gasteiger partial charge in [0, 0.05) is 18.8 Å². The van der Waals surface area contributed by atoms with Crippen LogP contribution in [0.5, 0.6) is 5.75 Å². The Bertz CT molecular complexity index is 481. The lowest BCUT2D eigenvalue weighted by molar-refractivity contribution is 0.0693. The molecule has 0 saturated carbocycles. The molecule has 1 aromatic rings. The molecule has 6 heteroatoms. The molecule has 3 N–H and O–H groups in total. The molecule has 1 fully saturated rings. The lowest BCUT2D eigenvalue weighted by Gasteiger charge is -2.16. The van der Waals surface area contributed by atoms with E-state index >= 15 is 0 Å². The Morgan fingerprint density at radius 2 is 1.89 bits per heavy atom. The summed E-state index contributed by atoms with van der Waals surface area (Å²) in [5.74, 6) is -1.55. The Hall–Kier alpha value is -2.24. The third-order valence-corrected chi connectivity index (χ3v) is 2.87. The quantitative estimate of drug-likeness (QED) is 0.697. The summed E-state index contributed by atoms with van der Waals surface area (Å²) in [5.41, 5.74) is 0.135. The fourth-order valence-electron chi connectivity index (χ4n) is 1.91. The van der Waals surface area contributed by atoms with Crippen LogP contribution in [0, 0.1) is 0 Å². The predicted octanol–water partition coefficient (Wildman–Crippen LogP) is 1.72. The summed E-state index contributed by atoms with van der Waals surface area (Å²) in [6, 6.07) is 3.72. The Morgan fingerprint density at radius 3 is 2.50 bits per heavy atom. The van der Waals surface area contributed by atoms with Crippen LogP contribution in [0.2, 0.25) is 0 Å². The van der Waals surface area contributed by atoms with Crippen molar-refractivity contribution < 1.29 is 19.8 Å². The number of anilines is 1. The predicted molar refractivity (Wildman–Crippen MR) is 64.9 cm³/mol. The van der Waals surface area contributed by atoms with E-state index in [4.69, 9.17) is 5.11 Å². The van der Waals surface area contributed by atoms with Crippen molar-refractivity contribution in [3.8, 4) is 5.75 Å². The van der Waals surface area contributed by atoms with E-state index in [0.29, 0.717) is 5.69 Å². The number of benzene rings is 1. The highest BCUT2D eigenvalue weighted by molar-refractivity contribution is 5.95. The van der Waals surface area contributed by atoms with Gasteiger partial charge >= 0.3 is 12.0 Å². The Balaban J connectivity index is 2.11. The van der Waals surface area contributed by atoms with Gasteiger partial charge in [0.05, 0.1) is 0 Å². The number of carbonyl (C=O) groups excluding carboxylic acids is 1. The molecule has 0 unspecified atom stereocenters. The summed E-state index contributed by atoms with van der Waals surface area (Å²) in [7, 11) is 0. The van der Waals surface area contributed by atoms with Gasteiger partial charge in [-0.05, 0) is 31.0 Å². The van der Waals surface area contributed by atoms with Crippen molar-refractivity contribution in [2.45, 2.75) is 12.8 Å². The zero-order chi connectivity index (χ0) is 13.1. The number of carboxylic acids is 1. The lowest BCUT2D eigenvalue weighted by Crippen LogP contribution is -2.32. The average molecular weight is 250 g/mol. The smallest absolute Gasteiger partial charge is 0.339 e. The fourth-order valence-corrected chi connectivity index (χ4v) is 1.91. The van der Waals surface area contributed by atoms with Gasteiger partial charge < -0.3 is 20.4 Å². The Morgan fingerprint density at radius 1 is 1.22 bits per heavy atom. The van der Waals surface area contributed by atoms with E-state index in [0.717, 1.165) is 25.9 Å². The molecule has 96 valence electrons. The standard InChI is InChI=1S/C12H14N2O4/c15-10-4-3-8(7-9(10)11(16)17)13-12(18)14-5-1-2-6-14/h3-4,7,15H,1-2,5-6H2,(H,13,18)(H,16,17). The maximum Gasteiger partial charge on any atom is 0.339 e. The molecule has 6 nitrogen and oxygen atoms in total. The van der Waals surface area contributed by atoms with Crippen molar-refractivity contribution in [2.24, 2.45) is 0 Å². The monoisotopic (exact) mass is 250 g/mol. The van der Waals surface area contributed by atoms with Gasteiger partial charge in [0.1, 0.15) is 11.3 Å². The van der Waals surface area contributed by atoms with Gasteiger partial charge in [-0.1, -0.05) is 0 Å². The molecule has 2 amide bonds. The van der Waals surface area contributed by atoms with E-state index in [1.54, 1.807) is 4.90 Å². The van der Waals surface area contributed by atoms with E-state index in [-0.39, 0.29) is 17.3 Å². The second-order valence-corrected chi connectivity index (χ2v) is 4.16. The number of carboxylic acid groups (broad SMARTS) is 1. The number of likely N-dealkylation sites (tertiary alicyclic amines) is 1. The molecule has 1 heterocycles. The van der Waals surface area contributed by atoms with Gasteiger partial charge in [0.15, 0.2) is 0 Å². The van der Waals surface area contributed by atoms with Gasteiger partial charge in [-0.2, -0.15) is 0 Å². The Labute approximate surface area is 104 Å². The van der Waals surface area contributed by atoms with Crippen LogP contribution in [0.3, 0.4) is 0 Å². The summed E-state index contributed by atoms with van der Waals surface area (Å²) in [4.78, 5) is 24.3. The van der Waals surface area contributed by atoms with Gasteiger partial charge in [0.2, 0.25) is 0 Å². The number of phenols is 1. The van der Waals surface area contributed by atoms with Gasteiger partial charge in [-0.25, -0.2) is 9.59 Å². The summed E-state index contributed by atoms with van der Waals surface area (Å²) in [6.07, 6.45) is 1.98. The van der Waals surface area contributed by atoms with E-state index < -0.39 is 5.97 Å². The van der Waals surface area contributed by atoms with Crippen LogP contribution in [0.15, 0.2) is 18.2 Å². The molecular formula is C12H14N2O4. The maximum atomic E-state index is 11.8. The summed E-state index contributed by atoms with van der Waals surface area (Å²) in [6.45, 7) is 1.44. The number of hydrogen-bond acceptors (Lipinski definition) is 3. The highest BCUT2D eigenvalue weighted by atomic mass is 16.4. The molecule has 1 aliphatic rings. The molecule has 0 atom stereocenters. The molecule has 18 heavy (non-hydrogen) atoms. The molecule has 0 radical (unpaired) electrons. The summed E-state index contributed by atoms with van der Waals surface area (Å²) in [5, 5.41) is 20.8. The number of aromatic hydroxyl groups is 1. The van der Waals surface area contributed by atoms with Gasteiger partial charge in [-0.15, -0.1) is 0 Å². The largest absolute Gasteiger partial charge is 0.507 e. The first-order valence-electron chi connectivity index (χ1n) is 5.70. The number of urea groups is 1. The minimum atomic E-state index is -1.23. The fraction of sp³-hybridized carbons (Fsp3) is 0.333. The molecule has 1 aromatic carbocycles. The van der Waals surface area contributed by atoms with Gasteiger partial charge in [0.25, 0.3) is 0 Å². The number of carbonyl (C=O) groups is 2. The van der Waals surface area contributed by atoms with Crippen molar-refractivity contribution in [3.63, 3.8) is 0 Å². The summed E-state index contributed by atoms with van der Waals surface area (Å²) < 4.78 is 0. The molecular weight excluding hydrogens is 236 g/mol. The van der Waals surface area contributed by atoms with Crippen molar-refractivity contribution in [2.75, 3.05) is 18.4 Å². The molecule has 1 saturated heterocycles. The van der Waals surface area contributed by atoms with Crippen LogP contribution in [0.25, 0.3) is 0 Å². The third-order valence-electron chi connectivity index (χ3n) is 2.87. The zero-order valence-corrected chi connectivity index (χ0v) is 9.72. The number of nitrogens with zero attached hydrogens (tertiary/aromatic N) is 1. The maximum absolute atomic E-state index is 11.8. The van der Waals surface area contributed by atoms with Crippen molar-refractivity contribution in [1.82, 2.24) is 4.90 Å². The molecule has 0 aliphatic carbocycles. The highest BCUT2D eigenvalue weighted by Crippen LogP contribution is 2.22. The number of rotatable bonds is 2. The lowest BCUT2D eigenvalue weighted by atomic mass is 10.2. The SMILES string of the molecule is O=C(O)c1cc(NC(=O)N2CCCC2)ccc1O. The number of amides is 2. The van der Waals surface area contributed by atoms with Gasteiger partial charge in [-0.3, -0.25) is 0 Å². The zero-order valence-electron chi connectivity index (χ0n) is 9.72. The molecule has 2 rings (SSSR count). The topological polar surface area (TPSA) is 89.9 Å².